The largest absolute Gasteiger partial charge is 0.340 e. The molecule has 3 atom stereocenters. The van der Waals surface area contributed by atoms with Crippen LogP contribution < -0.4 is 0 Å². The quantitative estimate of drug-likeness (QED) is 0.652. The van der Waals surface area contributed by atoms with Crippen LogP contribution in [0.5, 0.6) is 0 Å². The Bertz CT molecular complexity index is 384. The summed E-state index contributed by atoms with van der Waals surface area (Å²) in [5.41, 5.74) is 0.909. The van der Waals surface area contributed by atoms with Crippen molar-refractivity contribution in [2.24, 2.45) is 5.92 Å². The first-order valence-electron chi connectivity index (χ1n) is 5.14. The van der Waals surface area contributed by atoms with Crippen LogP contribution in [0.1, 0.15) is 35.8 Å². The van der Waals surface area contributed by atoms with E-state index in [2.05, 4.69) is 20.5 Å². The summed E-state index contributed by atoms with van der Waals surface area (Å²) in [6.07, 6.45) is 5.46. The molecule has 74 valence electrons. The number of fused-ring (bicyclic) bond motifs is 3. The van der Waals surface area contributed by atoms with Gasteiger partial charge in [0.25, 0.3) is 0 Å². The number of alkyl halides is 1. The number of aromatic nitrogens is 1. The topological polar surface area (TPSA) is 22.0 Å². The Morgan fingerprint density at radius 3 is 3.14 bits per heavy atom. The Morgan fingerprint density at radius 1 is 1.43 bits per heavy atom. The third kappa shape index (κ3) is 0.991. The third-order valence-electron chi connectivity index (χ3n) is 3.47. The van der Waals surface area contributed by atoms with Crippen molar-refractivity contribution in [3.8, 4) is 0 Å². The number of hydrogen-bond acceptors (Lipinski definition) is 1. The molecule has 3 rings (SSSR count). The molecule has 0 bridgehead atoms. The molecule has 1 saturated carbocycles. The molecular formula is C11H12BrNO. The highest BCUT2D eigenvalue weighted by molar-refractivity contribution is 9.09. The molecule has 2 aliphatic rings. The van der Waals surface area contributed by atoms with E-state index in [1.54, 1.807) is 0 Å². The lowest BCUT2D eigenvalue weighted by molar-refractivity contribution is 0.0895. The first-order chi connectivity index (χ1) is 6.79. The van der Waals surface area contributed by atoms with Crippen molar-refractivity contribution in [2.45, 2.75) is 30.1 Å². The number of ketones is 1. The van der Waals surface area contributed by atoms with Gasteiger partial charge in [-0.2, -0.15) is 0 Å². The molecule has 14 heavy (non-hydrogen) atoms. The first-order valence-corrected chi connectivity index (χ1v) is 6.06. The molecule has 0 saturated heterocycles. The highest BCUT2D eigenvalue weighted by Crippen LogP contribution is 2.44. The maximum absolute atomic E-state index is 12.0. The van der Waals surface area contributed by atoms with Gasteiger partial charge in [0.1, 0.15) is 0 Å². The third-order valence-corrected chi connectivity index (χ3v) is 4.47. The Balaban J connectivity index is 2.09. The zero-order chi connectivity index (χ0) is 9.71. The molecule has 1 aliphatic carbocycles. The van der Waals surface area contributed by atoms with Gasteiger partial charge in [0, 0.05) is 16.9 Å². The van der Waals surface area contributed by atoms with E-state index in [9.17, 15) is 4.79 Å². The lowest BCUT2D eigenvalue weighted by Crippen LogP contribution is -2.28. The molecule has 0 spiro atoms. The fraction of sp³-hybridized carbons (Fsp3) is 0.545. The van der Waals surface area contributed by atoms with E-state index < -0.39 is 0 Å². The van der Waals surface area contributed by atoms with Crippen LogP contribution in [0, 0.1) is 5.92 Å². The molecule has 2 nitrogen and oxygen atoms in total. The van der Waals surface area contributed by atoms with E-state index in [-0.39, 0.29) is 5.92 Å². The summed E-state index contributed by atoms with van der Waals surface area (Å²) < 4.78 is 2.16. The average Bonchev–Trinajstić information content (AvgIpc) is 2.72. The summed E-state index contributed by atoms with van der Waals surface area (Å²) in [5, 5.41) is 0. The summed E-state index contributed by atoms with van der Waals surface area (Å²) >= 11 is 3.70. The van der Waals surface area contributed by atoms with Crippen molar-refractivity contribution in [2.75, 3.05) is 0 Å². The van der Waals surface area contributed by atoms with E-state index in [4.69, 9.17) is 0 Å². The number of hydrogen-bond donors (Lipinski definition) is 0. The zero-order valence-corrected chi connectivity index (χ0v) is 9.40. The molecule has 0 N–H and O–H groups in total. The van der Waals surface area contributed by atoms with Crippen LogP contribution >= 0.6 is 15.9 Å². The minimum absolute atomic E-state index is 0.240. The number of rotatable bonds is 0. The molecule has 3 heteroatoms. The molecule has 0 unspecified atom stereocenters. The van der Waals surface area contributed by atoms with E-state index in [1.165, 1.54) is 12.8 Å². The zero-order valence-electron chi connectivity index (χ0n) is 7.82. The van der Waals surface area contributed by atoms with Crippen LogP contribution in [-0.4, -0.2) is 15.2 Å². The van der Waals surface area contributed by atoms with E-state index in [0.717, 1.165) is 12.1 Å². The van der Waals surface area contributed by atoms with Crippen LogP contribution in [0.3, 0.4) is 0 Å². The fourth-order valence-electron chi connectivity index (χ4n) is 2.83. The average molecular weight is 254 g/mol. The Morgan fingerprint density at radius 2 is 2.29 bits per heavy atom. The molecule has 1 fully saturated rings. The summed E-state index contributed by atoms with van der Waals surface area (Å²) in [6.45, 7) is 0. The number of halogens is 1. The standard InChI is InChI=1S/C11H12BrNO/c12-8-4-1-3-7-10(8)13-6-2-5-9(13)11(7)14/h2,5-8,10H,1,3-4H2/t7-,8-,10-/m0/s1. The molecule has 0 aromatic carbocycles. The summed E-state index contributed by atoms with van der Waals surface area (Å²) in [4.78, 5) is 12.5. The second-order valence-electron chi connectivity index (χ2n) is 4.21. The normalized spacial score (nSPS) is 35.5. The Kier molecular flexibility index (Phi) is 1.84. The Labute approximate surface area is 91.4 Å². The highest BCUT2D eigenvalue weighted by atomic mass is 79.9. The van der Waals surface area contributed by atoms with Gasteiger partial charge in [0.15, 0.2) is 5.78 Å². The smallest absolute Gasteiger partial charge is 0.184 e. The van der Waals surface area contributed by atoms with Gasteiger partial charge in [-0.3, -0.25) is 4.79 Å². The van der Waals surface area contributed by atoms with Gasteiger partial charge in [-0.25, -0.2) is 0 Å². The van der Waals surface area contributed by atoms with Gasteiger partial charge in [0.2, 0.25) is 0 Å². The first kappa shape index (κ1) is 8.72. The van der Waals surface area contributed by atoms with Gasteiger partial charge in [-0.15, -0.1) is 0 Å². The molecule has 2 heterocycles. The second kappa shape index (κ2) is 2.96. The van der Waals surface area contributed by atoms with E-state index in [0.29, 0.717) is 16.7 Å². The predicted molar refractivity (Wildman–Crippen MR) is 57.9 cm³/mol. The molecule has 0 amide bonds. The predicted octanol–water partition coefficient (Wildman–Crippen LogP) is 2.79. The van der Waals surface area contributed by atoms with Crippen molar-refractivity contribution in [3.05, 3.63) is 24.0 Å². The molecule has 1 aromatic rings. The number of nitrogens with zero attached hydrogens (tertiary/aromatic N) is 1. The number of carbonyl (C=O) groups is 1. The maximum Gasteiger partial charge on any atom is 0.184 e. The SMILES string of the molecule is O=C1c2cccn2[C@H]2[C@@H]1CCC[C@@H]2Br. The highest BCUT2D eigenvalue weighted by Gasteiger charge is 2.44. The monoisotopic (exact) mass is 253 g/mol. The van der Waals surface area contributed by atoms with Gasteiger partial charge in [-0.05, 0) is 25.0 Å². The van der Waals surface area contributed by atoms with Crippen molar-refractivity contribution >= 4 is 21.7 Å². The number of carbonyl (C=O) groups excluding carboxylic acids is 1. The molecular weight excluding hydrogens is 242 g/mol. The second-order valence-corrected chi connectivity index (χ2v) is 5.39. The minimum Gasteiger partial charge on any atom is -0.340 e. The van der Waals surface area contributed by atoms with Crippen LogP contribution in [0.15, 0.2) is 18.3 Å². The van der Waals surface area contributed by atoms with Gasteiger partial charge >= 0.3 is 0 Å². The van der Waals surface area contributed by atoms with Crippen LogP contribution in [0.25, 0.3) is 0 Å². The van der Waals surface area contributed by atoms with Crippen LogP contribution in [0.2, 0.25) is 0 Å². The van der Waals surface area contributed by atoms with E-state index in [1.807, 2.05) is 18.3 Å². The molecule has 1 aromatic heterocycles. The van der Waals surface area contributed by atoms with Gasteiger partial charge in [0.05, 0.1) is 11.7 Å². The van der Waals surface area contributed by atoms with Crippen molar-refractivity contribution < 1.29 is 4.79 Å². The molecule has 0 radical (unpaired) electrons. The van der Waals surface area contributed by atoms with Gasteiger partial charge < -0.3 is 4.57 Å². The fourth-order valence-corrected chi connectivity index (χ4v) is 3.78. The van der Waals surface area contributed by atoms with Crippen molar-refractivity contribution in [1.29, 1.82) is 0 Å². The van der Waals surface area contributed by atoms with Crippen molar-refractivity contribution in [3.63, 3.8) is 0 Å². The summed E-state index contributed by atoms with van der Waals surface area (Å²) in [7, 11) is 0. The maximum atomic E-state index is 12.0. The molecule has 1 aliphatic heterocycles. The lowest BCUT2D eigenvalue weighted by Gasteiger charge is -2.30. The van der Waals surface area contributed by atoms with Crippen molar-refractivity contribution in [1.82, 2.24) is 4.57 Å². The Hall–Kier alpha value is -0.570. The number of Topliss-reactive ketones (excluding diaryl/α,β-unsaturated/α-hetero) is 1. The lowest BCUT2D eigenvalue weighted by atomic mass is 9.84. The van der Waals surface area contributed by atoms with Crippen LogP contribution in [0.4, 0.5) is 0 Å². The van der Waals surface area contributed by atoms with Crippen LogP contribution in [-0.2, 0) is 0 Å². The van der Waals surface area contributed by atoms with E-state index >= 15 is 0 Å². The summed E-state index contributed by atoms with van der Waals surface area (Å²) in [5.74, 6) is 0.591. The summed E-state index contributed by atoms with van der Waals surface area (Å²) in [6, 6.07) is 4.29. The minimum atomic E-state index is 0.240. The van der Waals surface area contributed by atoms with Gasteiger partial charge in [-0.1, -0.05) is 22.4 Å².